The highest BCUT2D eigenvalue weighted by Crippen LogP contribution is 2.27. The Morgan fingerprint density at radius 3 is 2.62 bits per heavy atom. The standard InChI is InChI=1S/C18H23N3O2S/c1-11-6-5-7-12(2)16(11)20-15(22)10-14-17(23)21-18(24-14)19-13-8-3-4-9-13/h5-7,13-14H,3-4,8-10H2,1-2H3,(H,20,22)(H,19,21,23)/t14-/m0/s1. The predicted octanol–water partition coefficient (Wildman–Crippen LogP) is 3.16. The van der Waals surface area contributed by atoms with Gasteiger partial charge in [0, 0.05) is 12.1 Å². The fourth-order valence-electron chi connectivity index (χ4n) is 3.17. The second-order valence-corrected chi connectivity index (χ2v) is 7.68. The molecule has 128 valence electrons. The van der Waals surface area contributed by atoms with Gasteiger partial charge in [-0.25, -0.2) is 0 Å². The number of para-hydroxylation sites is 1. The number of hydrogen-bond acceptors (Lipinski definition) is 4. The first-order chi connectivity index (χ1) is 11.5. The topological polar surface area (TPSA) is 70.6 Å². The molecule has 3 rings (SSSR count). The fraction of sp³-hybridized carbons (Fsp3) is 0.500. The Hall–Kier alpha value is -1.82. The average Bonchev–Trinajstić information content (AvgIpc) is 3.14. The van der Waals surface area contributed by atoms with E-state index in [1.807, 2.05) is 32.0 Å². The van der Waals surface area contributed by atoms with Crippen molar-refractivity contribution in [3.8, 4) is 0 Å². The zero-order chi connectivity index (χ0) is 17.1. The van der Waals surface area contributed by atoms with Gasteiger partial charge in [-0.2, -0.15) is 0 Å². The van der Waals surface area contributed by atoms with Gasteiger partial charge in [-0.1, -0.05) is 42.8 Å². The first-order valence-corrected chi connectivity index (χ1v) is 9.32. The molecule has 2 fully saturated rings. The molecule has 6 heteroatoms. The van der Waals surface area contributed by atoms with Crippen LogP contribution in [0.3, 0.4) is 0 Å². The summed E-state index contributed by atoms with van der Waals surface area (Å²) < 4.78 is 0. The number of hydrogen-bond donors (Lipinski definition) is 2. The first-order valence-electron chi connectivity index (χ1n) is 8.44. The second kappa shape index (κ2) is 7.38. The van der Waals surface area contributed by atoms with Gasteiger partial charge in [0.15, 0.2) is 5.17 Å². The zero-order valence-corrected chi connectivity index (χ0v) is 14.9. The van der Waals surface area contributed by atoms with E-state index in [2.05, 4.69) is 15.6 Å². The van der Waals surface area contributed by atoms with Gasteiger partial charge < -0.3 is 10.6 Å². The van der Waals surface area contributed by atoms with E-state index >= 15 is 0 Å². The summed E-state index contributed by atoms with van der Waals surface area (Å²) in [6.45, 7) is 3.93. The minimum absolute atomic E-state index is 0.117. The number of carbonyl (C=O) groups is 2. The molecule has 1 aromatic rings. The molecule has 1 saturated heterocycles. The summed E-state index contributed by atoms with van der Waals surface area (Å²) in [4.78, 5) is 29.0. The van der Waals surface area contributed by atoms with Crippen LogP contribution in [0.2, 0.25) is 0 Å². The van der Waals surface area contributed by atoms with Gasteiger partial charge in [0.25, 0.3) is 0 Å². The Morgan fingerprint density at radius 1 is 1.29 bits per heavy atom. The molecular formula is C18H23N3O2S. The van der Waals surface area contributed by atoms with Crippen molar-refractivity contribution in [2.45, 2.75) is 57.2 Å². The van der Waals surface area contributed by atoms with Crippen LogP contribution in [0.15, 0.2) is 23.2 Å². The molecule has 1 saturated carbocycles. The predicted molar refractivity (Wildman–Crippen MR) is 98.4 cm³/mol. The second-order valence-electron chi connectivity index (χ2n) is 6.49. The third-order valence-corrected chi connectivity index (χ3v) is 5.61. The molecule has 24 heavy (non-hydrogen) atoms. The summed E-state index contributed by atoms with van der Waals surface area (Å²) in [5.74, 6) is -0.254. The van der Waals surface area contributed by atoms with E-state index in [4.69, 9.17) is 0 Å². The fourth-order valence-corrected chi connectivity index (χ4v) is 4.21. The maximum atomic E-state index is 12.3. The van der Waals surface area contributed by atoms with E-state index in [9.17, 15) is 9.59 Å². The normalized spacial score (nSPS) is 22.8. The van der Waals surface area contributed by atoms with Gasteiger partial charge in [0.1, 0.15) is 5.25 Å². The summed E-state index contributed by atoms with van der Waals surface area (Å²) in [5, 5.41) is 6.04. The van der Waals surface area contributed by atoms with Gasteiger partial charge in [-0.05, 0) is 37.8 Å². The minimum atomic E-state index is -0.394. The van der Waals surface area contributed by atoms with Crippen LogP contribution in [0, 0.1) is 13.8 Å². The van der Waals surface area contributed by atoms with Crippen LogP contribution >= 0.6 is 11.8 Å². The van der Waals surface area contributed by atoms with Crippen LogP contribution in [0.5, 0.6) is 0 Å². The Morgan fingerprint density at radius 2 is 1.96 bits per heavy atom. The lowest BCUT2D eigenvalue weighted by Crippen LogP contribution is -2.28. The SMILES string of the molecule is Cc1cccc(C)c1NC(=O)C[C@@H]1SC(=NC2CCCC2)NC1=O. The Labute approximate surface area is 146 Å². The monoisotopic (exact) mass is 345 g/mol. The van der Waals surface area contributed by atoms with Gasteiger partial charge in [0.05, 0.1) is 6.04 Å². The van der Waals surface area contributed by atoms with E-state index in [-0.39, 0.29) is 18.2 Å². The van der Waals surface area contributed by atoms with Crippen LogP contribution in [0.25, 0.3) is 0 Å². The highest BCUT2D eigenvalue weighted by atomic mass is 32.2. The van der Waals surface area contributed by atoms with Gasteiger partial charge in [-0.3, -0.25) is 14.6 Å². The number of rotatable bonds is 4. The summed E-state index contributed by atoms with van der Waals surface area (Å²) in [6, 6.07) is 6.22. The maximum absolute atomic E-state index is 12.3. The number of anilines is 1. The van der Waals surface area contributed by atoms with Crippen molar-refractivity contribution in [1.29, 1.82) is 0 Å². The summed E-state index contributed by atoms with van der Waals surface area (Å²) in [7, 11) is 0. The zero-order valence-electron chi connectivity index (χ0n) is 14.1. The number of aryl methyl sites for hydroxylation is 2. The molecule has 5 nitrogen and oxygen atoms in total. The molecule has 0 spiro atoms. The minimum Gasteiger partial charge on any atom is -0.326 e. The van der Waals surface area contributed by atoms with Crippen molar-refractivity contribution in [2.24, 2.45) is 4.99 Å². The number of amidine groups is 1. The van der Waals surface area contributed by atoms with E-state index in [0.717, 1.165) is 29.7 Å². The Kier molecular flexibility index (Phi) is 5.23. The summed E-state index contributed by atoms with van der Waals surface area (Å²) in [5.41, 5.74) is 2.89. The van der Waals surface area contributed by atoms with Crippen LogP contribution < -0.4 is 10.6 Å². The molecule has 1 aliphatic heterocycles. The number of aliphatic imine (C=N–C) groups is 1. The molecule has 0 unspecified atom stereocenters. The van der Waals surface area contributed by atoms with E-state index in [1.54, 1.807) is 0 Å². The van der Waals surface area contributed by atoms with E-state index in [0.29, 0.717) is 11.2 Å². The van der Waals surface area contributed by atoms with Gasteiger partial charge in [-0.15, -0.1) is 0 Å². The third kappa shape index (κ3) is 3.98. The highest BCUT2D eigenvalue weighted by Gasteiger charge is 2.33. The van der Waals surface area contributed by atoms with Gasteiger partial charge in [0.2, 0.25) is 11.8 Å². The molecule has 1 aromatic carbocycles. The van der Waals surface area contributed by atoms with Crippen molar-refractivity contribution in [3.05, 3.63) is 29.3 Å². The Balaban J connectivity index is 1.59. The van der Waals surface area contributed by atoms with Gasteiger partial charge >= 0.3 is 0 Å². The van der Waals surface area contributed by atoms with Crippen LogP contribution in [0.1, 0.15) is 43.2 Å². The number of amides is 2. The molecular weight excluding hydrogens is 322 g/mol. The number of benzene rings is 1. The first kappa shape index (κ1) is 17.0. The van der Waals surface area contributed by atoms with Crippen molar-refractivity contribution in [2.75, 3.05) is 5.32 Å². The van der Waals surface area contributed by atoms with Crippen molar-refractivity contribution < 1.29 is 9.59 Å². The molecule has 1 heterocycles. The average molecular weight is 345 g/mol. The maximum Gasteiger partial charge on any atom is 0.240 e. The number of thioether (sulfide) groups is 1. The van der Waals surface area contributed by atoms with Crippen LogP contribution in [-0.4, -0.2) is 28.3 Å². The Bertz CT molecular complexity index is 661. The molecule has 0 radical (unpaired) electrons. The molecule has 1 atom stereocenters. The number of carbonyl (C=O) groups excluding carboxylic acids is 2. The molecule has 1 aliphatic carbocycles. The number of nitrogens with one attached hydrogen (secondary N) is 2. The third-order valence-electron chi connectivity index (χ3n) is 4.52. The largest absolute Gasteiger partial charge is 0.326 e. The lowest BCUT2D eigenvalue weighted by molar-refractivity contribution is -0.122. The smallest absolute Gasteiger partial charge is 0.240 e. The lowest BCUT2D eigenvalue weighted by atomic mass is 10.1. The van der Waals surface area contributed by atoms with Crippen LogP contribution in [0.4, 0.5) is 5.69 Å². The highest BCUT2D eigenvalue weighted by molar-refractivity contribution is 8.15. The summed E-state index contributed by atoms with van der Waals surface area (Å²) in [6.07, 6.45) is 4.77. The molecule has 2 aliphatic rings. The number of nitrogens with zero attached hydrogens (tertiary/aromatic N) is 1. The van der Waals surface area contributed by atoms with E-state index in [1.165, 1.54) is 24.6 Å². The molecule has 0 aromatic heterocycles. The van der Waals surface area contributed by atoms with Crippen molar-refractivity contribution >= 4 is 34.4 Å². The lowest BCUT2D eigenvalue weighted by Gasteiger charge is -2.12. The summed E-state index contributed by atoms with van der Waals surface area (Å²) >= 11 is 1.38. The van der Waals surface area contributed by atoms with Crippen molar-refractivity contribution in [1.82, 2.24) is 5.32 Å². The molecule has 2 amide bonds. The molecule has 2 N–H and O–H groups in total. The van der Waals surface area contributed by atoms with Crippen molar-refractivity contribution in [3.63, 3.8) is 0 Å². The van der Waals surface area contributed by atoms with E-state index < -0.39 is 5.25 Å². The van der Waals surface area contributed by atoms with Crippen LogP contribution in [-0.2, 0) is 9.59 Å². The quantitative estimate of drug-likeness (QED) is 0.880. The molecule has 0 bridgehead atoms.